The lowest BCUT2D eigenvalue weighted by Crippen LogP contribution is -2.21. The highest BCUT2D eigenvalue weighted by Crippen LogP contribution is 2.26. The quantitative estimate of drug-likeness (QED) is 0.860. The molecule has 0 saturated carbocycles. The van der Waals surface area contributed by atoms with E-state index in [1.807, 2.05) is 6.07 Å². The number of nitrogens with one attached hydrogen (secondary N) is 1. The molecule has 74 valence electrons. The second-order valence-corrected chi connectivity index (χ2v) is 3.78. The lowest BCUT2D eigenvalue weighted by Gasteiger charge is -2.14. The molecule has 3 heteroatoms. The molecular formula is C10H16BrNO. The lowest BCUT2D eigenvalue weighted by molar-refractivity contribution is 0.491. The topological polar surface area (TPSA) is 25.2 Å². The van der Waals surface area contributed by atoms with Gasteiger partial charge in [0.25, 0.3) is 0 Å². The van der Waals surface area contributed by atoms with Crippen molar-refractivity contribution in [3.05, 3.63) is 22.6 Å². The van der Waals surface area contributed by atoms with Crippen LogP contribution in [0.3, 0.4) is 0 Å². The Hall–Kier alpha value is -0.280. The van der Waals surface area contributed by atoms with Crippen LogP contribution in [0.4, 0.5) is 0 Å². The minimum absolute atomic E-state index is 0.410. The van der Waals surface area contributed by atoms with Gasteiger partial charge < -0.3 is 9.73 Å². The summed E-state index contributed by atoms with van der Waals surface area (Å²) in [7, 11) is 0. The van der Waals surface area contributed by atoms with Gasteiger partial charge in [0.15, 0.2) is 4.67 Å². The van der Waals surface area contributed by atoms with Gasteiger partial charge >= 0.3 is 0 Å². The van der Waals surface area contributed by atoms with E-state index < -0.39 is 0 Å². The van der Waals surface area contributed by atoms with Gasteiger partial charge in [-0.05, 0) is 41.4 Å². The molecule has 0 bridgehead atoms. The van der Waals surface area contributed by atoms with Crippen molar-refractivity contribution in [2.24, 2.45) is 0 Å². The van der Waals surface area contributed by atoms with Crippen molar-refractivity contribution >= 4 is 15.9 Å². The second kappa shape index (κ2) is 5.45. The van der Waals surface area contributed by atoms with Crippen molar-refractivity contribution in [1.29, 1.82) is 0 Å². The van der Waals surface area contributed by atoms with Crippen LogP contribution in [0.1, 0.15) is 38.3 Å². The fourth-order valence-electron chi connectivity index (χ4n) is 1.35. The van der Waals surface area contributed by atoms with E-state index in [9.17, 15) is 0 Å². The van der Waals surface area contributed by atoms with Crippen molar-refractivity contribution < 1.29 is 4.42 Å². The molecule has 1 atom stereocenters. The monoisotopic (exact) mass is 245 g/mol. The molecule has 0 radical (unpaired) electrons. The molecular weight excluding hydrogens is 230 g/mol. The standard InChI is InChI=1S/C10H16BrNO/c1-3-6-12-9(4-2)8-5-7-13-10(8)11/h5,7,9,12H,3-4,6H2,1-2H3. The normalized spacial score (nSPS) is 13.2. The van der Waals surface area contributed by atoms with Crippen LogP contribution >= 0.6 is 15.9 Å². The first-order valence-corrected chi connectivity index (χ1v) is 5.55. The Kier molecular flexibility index (Phi) is 4.53. The second-order valence-electron chi connectivity index (χ2n) is 3.06. The average Bonchev–Trinajstić information content (AvgIpc) is 2.54. The molecule has 0 aliphatic carbocycles. The molecule has 2 nitrogen and oxygen atoms in total. The fourth-order valence-corrected chi connectivity index (χ4v) is 1.86. The fraction of sp³-hybridized carbons (Fsp3) is 0.600. The van der Waals surface area contributed by atoms with Crippen LogP contribution in [0.25, 0.3) is 0 Å². The van der Waals surface area contributed by atoms with Gasteiger partial charge in [-0.3, -0.25) is 0 Å². The Morgan fingerprint density at radius 2 is 2.31 bits per heavy atom. The molecule has 0 aliphatic heterocycles. The Balaban J connectivity index is 2.61. The molecule has 1 heterocycles. The Morgan fingerprint density at radius 3 is 2.77 bits per heavy atom. The van der Waals surface area contributed by atoms with Crippen molar-refractivity contribution in [3.8, 4) is 0 Å². The summed E-state index contributed by atoms with van der Waals surface area (Å²) in [4.78, 5) is 0. The third kappa shape index (κ3) is 2.85. The molecule has 13 heavy (non-hydrogen) atoms. The van der Waals surface area contributed by atoms with Crippen molar-refractivity contribution in [3.63, 3.8) is 0 Å². The van der Waals surface area contributed by atoms with Crippen molar-refractivity contribution in [1.82, 2.24) is 5.32 Å². The highest BCUT2D eigenvalue weighted by molar-refractivity contribution is 9.10. The zero-order chi connectivity index (χ0) is 9.68. The Labute approximate surface area is 87.8 Å². The van der Waals surface area contributed by atoms with Gasteiger partial charge in [-0.1, -0.05) is 13.8 Å². The van der Waals surface area contributed by atoms with E-state index >= 15 is 0 Å². The van der Waals surface area contributed by atoms with E-state index in [1.54, 1.807) is 6.26 Å². The number of hydrogen-bond acceptors (Lipinski definition) is 2. The first kappa shape index (κ1) is 10.8. The molecule has 1 N–H and O–H groups in total. The lowest BCUT2D eigenvalue weighted by atomic mass is 10.1. The third-order valence-corrected chi connectivity index (χ3v) is 2.72. The molecule has 1 aromatic rings. The van der Waals surface area contributed by atoms with Crippen LogP contribution in [-0.2, 0) is 0 Å². The van der Waals surface area contributed by atoms with Gasteiger partial charge in [0.05, 0.1) is 6.26 Å². The number of furan rings is 1. The summed E-state index contributed by atoms with van der Waals surface area (Å²) in [6, 6.07) is 2.43. The summed E-state index contributed by atoms with van der Waals surface area (Å²) in [6.45, 7) is 5.40. The van der Waals surface area contributed by atoms with Crippen molar-refractivity contribution in [2.45, 2.75) is 32.7 Å². The molecule has 0 amide bonds. The van der Waals surface area contributed by atoms with Gasteiger partial charge in [0.2, 0.25) is 0 Å². The summed E-state index contributed by atoms with van der Waals surface area (Å²) < 4.78 is 6.05. The van der Waals surface area contributed by atoms with E-state index in [0.717, 1.165) is 24.1 Å². The Morgan fingerprint density at radius 1 is 1.54 bits per heavy atom. The minimum atomic E-state index is 0.410. The molecule has 0 aromatic carbocycles. The van der Waals surface area contributed by atoms with Gasteiger partial charge in [-0.25, -0.2) is 0 Å². The van der Waals surface area contributed by atoms with E-state index in [2.05, 4.69) is 35.1 Å². The van der Waals surface area contributed by atoms with E-state index in [0.29, 0.717) is 6.04 Å². The van der Waals surface area contributed by atoms with Crippen LogP contribution in [0.2, 0.25) is 0 Å². The summed E-state index contributed by atoms with van der Waals surface area (Å²) in [5.74, 6) is 0. The van der Waals surface area contributed by atoms with Gasteiger partial charge in [-0.2, -0.15) is 0 Å². The van der Waals surface area contributed by atoms with Gasteiger partial charge in [-0.15, -0.1) is 0 Å². The van der Waals surface area contributed by atoms with E-state index in [4.69, 9.17) is 4.42 Å². The van der Waals surface area contributed by atoms with E-state index in [-0.39, 0.29) is 0 Å². The summed E-state index contributed by atoms with van der Waals surface area (Å²) in [5.41, 5.74) is 1.22. The minimum Gasteiger partial charge on any atom is -0.457 e. The highest BCUT2D eigenvalue weighted by Gasteiger charge is 2.13. The maximum Gasteiger partial charge on any atom is 0.173 e. The predicted octanol–water partition coefficient (Wildman–Crippen LogP) is 3.49. The molecule has 0 saturated heterocycles. The summed E-state index contributed by atoms with van der Waals surface area (Å²) in [5, 5.41) is 3.47. The SMILES string of the molecule is CCCNC(CC)c1ccoc1Br. The first-order chi connectivity index (χ1) is 6.29. The first-order valence-electron chi connectivity index (χ1n) is 4.75. The molecule has 1 aromatic heterocycles. The van der Waals surface area contributed by atoms with Crippen LogP contribution in [0, 0.1) is 0 Å². The molecule has 0 fully saturated rings. The maximum absolute atomic E-state index is 5.20. The van der Waals surface area contributed by atoms with Crippen molar-refractivity contribution in [2.75, 3.05) is 6.54 Å². The van der Waals surface area contributed by atoms with Gasteiger partial charge in [0.1, 0.15) is 0 Å². The Bertz CT molecular complexity index is 247. The van der Waals surface area contributed by atoms with Crippen LogP contribution in [0.5, 0.6) is 0 Å². The number of halogens is 1. The molecule has 0 aliphatic rings. The highest BCUT2D eigenvalue weighted by atomic mass is 79.9. The van der Waals surface area contributed by atoms with Crippen LogP contribution < -0.4 is 5.32 Å². The van der Waals surface area contributed by atoms with Gasteiger partial charge in [0, 0.05) is 11.6 Å². The maximum atomic E-state index is 5.20. The van der Waals surface area contributed by atoms with Crippen LogP contribution in [0.15, 0.2) is 21.4 Å². The third-order valence-electron chi connectivity index (χ3n) is 2.07. The number of hydrogen-bond donors (Lipinski definition) is 1. The van der Waals surface area contributed by atoms with Crippen LogP contribution in [-0.4, -0.2) is 6.54 Å². The van der Waals surface area contributed by atoms with E-state index in [1.165, 1.54) is 5.56 Å². The number of rotatable bonds is 5. The summed E-state index contributed by atoms with van der Waals surface area (Å²) >= 11 is 3.39. The zero-order valence-corrected chi connectivity index (χ0v) is 9.73. The molecule has 1 unspecified atom stereocenters. The smallest absolute Gasteiger partial charge is 0.173 e. The zero-order valence-electron chi connectivity index (χ0n) is 8.14. The predicted molar refractivity (Wildman–Crippen MR) is 57.7 cm³/mol. The molecule has 1 rings (SSSR count). The molecule has 0 spiro atoms. The largest absolute Gasteiger partial charge is 0.457 e. The average molecular weight is 246 g/mol. The summed E-state index contributed by atoms with van der Waals surface area (Å²) in [6.07, 6.45) is 3.96.